The van der Waals surface area contributed by atoms with Crippen LogP contribution in [-0.2, 0) is 16.8 Å². The minimum atomic E-state index is -1.15. The molecular formula is C24H21FN2O2S. The molecule has 0 aliphatic carbocycles. The second-order valence-corrected chi connectivity index (χ2v) is 8.24. The first-order valence-corrected chi connectivity index (χ1v) is 10.7. The van der Waals surface area contributed by atoms with Gasteiger partial charge in [0.05, 0.1) is 0 Å². The number of urea groups is 1. The number of hydrogen-bond donors (Lipinski definition) is 1. The van der Waals surface area contributed by atoms with Crippen LogP contribution in [0, 0.1) is 5.82 Å². The second kappa shape index (κ2) is 8.71. The summed E-state index contributed by atoms with van der Waals surface area (Å²) in [6.45, 7) is 0.201. The van der Waals surface area contributed by atoms with Crippen LogP contribution in [0.2, 0.25) is 0 Å². The Morgan fingerprint density at radius 2 is 1.50 bits per heavy atom. The van der Waals surface area contributed by atoms with Gasteiger partial charge in [0, 0.05) is 23.6 Å². The fourth-order valence-electron chi connectivity index (χ4n) is 3.68. The Hall–Kier alpha value is -3.12. The summed E-state index contributed by atoms with van der Waals surface area (Å²) >= 11 is 1.29. The van der Waals surface area contributed by atoms with E-state index >= 15 is 0 Å². The van der Waals surface area contributed by atoms with Gasteiger partial charge >= 0.3 is 6.03 Å². The Labute approximate surface area is 179 Å². The van der Waals surface area contributed by atoms with E-state index in [2.05, 4.69) is 5.32 Å². The Morgan fingerprint density at radius 3 is 2.20 bits per heavy atom. The van der Waals surface area contributed by atoms with Crippen molar-refractivity contribution in [3.63, 3.8) is 0 Å². The molecule has 0 bridgehead atoms. The first kappa shape index (κ1) is 20.2. The maximum Gasteiger partial charge on any atom is 0.325 e. The van der Waals surface area contributed by atoms with Crippen LogP contribution >= 0.6 is 11.8 Å². The number of hydrogen-bond acceptors (Lipinski definition) is 3. The summed E-state index contributed by atoms with van der Waals surface area (Å²) < 4.78 is 13.8. The molecule has 1 saturated heterocycles. The maximum atomic E-state index is 13.8. The normalized spacial score (nSPS) is 18.5. The molecule has 4 rings (SSSR count). The third kappa shape index (κ3) is 3.96. The number of benzene rings is 3. The molecule has 152 valence electrons. The van der Waals surface area contributed by atoms with Crippen LogP contribution in [0.25, 0.3) is 0 Å². The van der Waals surface area contributed by atoms with E-state index < -0.39 is 11.6 Å². The van der Waals surface area contributed by atoms with E-state index in [1.165, 1.54) is 22.7 Å². The average molecular weight is 421 g/mol. The van der Waals surface area contributed by atoms with Crippen LogP contribution < -0.4 is 5.32 Å². The summed E-state index contributed by atoms with van der Waals surface area (Å²) in [5, 5.41) is 2.95. The SMILES string of the molecule is O=C1NC(Cc2ccccc2)(c2ccccc2)C(=O)N1CCSc1ccccc1F. The van der Waals surface area contributed by atoms with Crippen molar-refractivity contribution < 1.29 is 14.0 Å². The molecule has 0 aromatic heterocycles. The summed E-state index contributed by atoms with van der Waals surface area (Å²) in [5.41, 5.74) is 0.552. The van der Waals surface area contributed by atoms with Crippen molar-refractivity contribution in [2.45, 2.75) is 16.9 Å². The molecule has 1 heterocycles. The van der Waals surface area contributed by atoms with Gasteiger partial charge in [-0.25, -0.2) is 9.18 Å². The van der Waals surface area contributed by atoms with E-state index in [1.54, 1.807) is 18.2 Å². The van der Waals surface area contributed by atoms with Crippen LogP contribution in [0.15, 0.2) is 89.8 Å². The highest BCUT2D eigenvalue weighted by molar-refractivity contribution is 7.99. The number of rotatable bonds is 7. The minimum absolute atomic E-state index is 0.201. The zero-order chi connectivity index (χ0) is 21.0. The first-order chi connectivity index (χ1) is 14.6. The number of amides is 3. The molecule has 3 aromatic carbocycles. The number of imide groups is 1. The summed E-state index contributed by atoms with van der Waals surface area (Å²) in [6.07, 6.45) is 0.360. The standard InChI is InChI=1S/C24H21FN2O2S/c25-20-13-7-8-14-21(20)30-16-15-27-22(28)24(26-23(27)29,19-11-5-2-6-12-19)17-18-9-3-1-4-10-18/h1-14H,15-17H2,(H,26,29). The summed E-state index contributed by atoms with van der Waals surface area (Å²) in [6, 6.07) is 25.0. The highest BCUT2D eigenvalue weighted by atomic mass is 32.2. The van der Waals surface area contributed by atoms with Gasteiger partial charge in [-0.3, -0.25) is 9.69 Å². The number of nitrogens with one attached hydrogen (secondary N) is 1. The quantitative estimate of drug-likeness (QED) is 0.449. The van der Waals surface area contributed by atoms with E-state index in [-0.39, 0.29) is 18.3 Å². The smallest absolute Gasteiger partial charge is 0.319 e. The van der Waals surface area contributed by atoms with Crippen molar-refractivity contribution in [1.29, 1.82) is 0 Å². The summed E-state index contributed by atoms with van der Waals surface area (Å²) in [4.78, 5) is 28.0. The van der Waals surface area contributed by atoms with Crippen LogP contribution in [0.3, 0.4) is 0 Å². The molecule has 3 amide bonds. The molecule has 1 aliphatic rings. The zero-order valence-electron chi connectivity index (χ0n) is 16.3. The highest BCUT2D eigenvalue weighted by Gasteiger charge is 2.52. The number of carbonyl (C=O) groups is 2. The molecule has 4 nitrogen and oxygen atoms in total. The molecule has 1 aliphatic heterocycles. The molecule has 0 saturated carbocycles. The molecule has 1 N–H and O–H groups in total. The van der Waals surface area contributed by atoms with Crippen molar-refractivity contribution in [3.8, 4) is 0 Å². The Bertz CT molecular complexity index is 1050. The molecule has 6 heteroatoms. The number of halogens is 1. The first-order valence-electron chi connectivity index (χ1n) is 9.71. The maximum absolute atomic E-state index is 13.8. The van der Waals surface area contributed by atoms with E-state index in [4.69, 9.17) is 0 Å². The van der Waals surface area contributed by atoms with Crippen molar-refractivity contribution >= 4 is 23.7 Å². The average Bonchev–Trinajstić information content (AvgIpc) is 3.01. The summed E-state index contributed by atoms with van der Waals surface area (Å²) in [7, 11) is 0. The molecule has 30 heavy (non-hydrogen) atoms. The van der Waals surface area contributed by atoms with Gasteiger partial charge in [0.2, 0.25) is 0 Å². The molecule has 1 fully saturated rings. The molecule has 0 spiro atoms. The van der Waals surface area contributed by atoms with Crippen molar-refractivity contribution in [2.75, 3.05) is 12.3 Å². The van der Waals surface area contributed by atoms with Crippen molar-refractivity contribution in [2.24, 2.45) is 0 Å². The van der Waals surface area contributed by atoms with Gasteiger partial charge < -0.3 is 5.32 Å². The van der Waals surface area contributed by atoms with Gasteiger partial charge in [-0.15, -0.1) is 11.8 Å². The predicted molar refractivity (Wildman–Crippen MR) is 116 cm³/mol. The molecular weight excluding hydrogens is 399 g/mol. The zero-order valence-corrected chi connectivity index (χ0v) is 17.1. The number of carbonyl (C=O) groups excluding carboxylic acids is 2. The van der Waals surface area contributed by atoms with Crippen molar-refractivity contribution in [3.05, 3.63) is 102 Å². The fourth-order valence-corrected chi connectivity index (χ4v) is 4.55. The lowest BCUT2D eigenvalue weighted by Gasteiger charge is -2.27. The van der Waals surface area contributed by atoms with Gasteiger partial charge in [-0.05, 0) is 23.3 Å². The topological polar surface area (TPSA) is 49.4 Å². The summed E-state index contributed by atoms with van der Waals surface area (Å²) in [5.74, 6) is -0.171. The monoisotopic (exact) mass is 420 g/mol. The fraction of sp³-hybridized carbons (Fsp3) is 0.167. The van der Waals surface area contributed by atoms with E-state index in [0.29, 0.717) is 17.1 Å². The van der Waals surface area contributed by atoms with Gasteiger partial charge in [-0.2, -0.15) is 0 Å². The van der Waals surface area contributed by atoms with Crippen LogP contribution in [0.1, 0.15) is 11.1 Å². The third-order valence-corrected chi connectivity index (χ3v) is 6.19. The highest BCUT2D eigenvalue weighted by Crippen LogP contribution is 2.33. The van der Waals surface area contributed by atoms with Crippen LogP contribution in [0.5, 0.6) is 0 Å². The van der Waals surface area contributed by atoms with Gasteiger partial charge in [-0.1, -0.05) is 72.8 Å². The number of thioether (sulfide) groups is 1. The van der Waals surface area contributed by atoms with Crippen LogP contribution in [-0.4, -0.2) is 29.1 Å². The van der Waals surface area contributed by atoms with Gasteiger partial charge in [0.1, 0.15) is 5.82 Å². The second-order valence-electron chi connectivity index (χ2n) is 7.10. The molecule has 1 unspecified atom stereocenters. The van der Waals surface area contributed by atoms with E-state index in [1.807, 2.05) is 60.7 Å². The minimum Gasteiger partial charge on any atom is -0.319 e. The largest absolute Gasteiger partial charge is 0.325 e. The molecule has 3 aromatic rings. The predicted octanol–water partition coefficient (Wildman–Crippen LogP) is 4.61. The van der Waals surface area contributed by atoms with E-state index in [0.717, 1.165) is 11.1 Å². The molecule has 1 atom stereocenters. The Kier molecular flexibility index (Phi) is 5.86. The Balaban J connectivity index is 1.57. The van der Waals surface area contributed by atoms with Gasteiger partial charge in [0.15, 0.2) is 5.54 Å². The Morgan fingerprint density at radius 1 is 0.867 bits per heavy atom. The lowest BCUT2D eigenvalue weighted by molar-refractivity contribution is -0.131. The molecule has 0 radical (unpaired) electrons. The third-order valence-electron chi connectivity index (χ3n) is 5.16. The lowest BCUT2D eigenvalue weighted by atomic mass is 9.83. The van der Waals surface area contributed by atoms with Crippen molar-refractivity contribution in [1.82, 2.24) is 10.2 Å². The number of nitrogens with zero attached hydrogens (tertiary/aromatic N) is 1. The van der Waals surface area contributed by atoms with Gasteiger partial charge in [0.25, 0.3) is 5.91 Å². The lowest BCUT2D eigenvalue weighted by Crippen LogP contribution is -2.46. The van der Waals surface area contributed by atoms with Crippen LogP contribution in [0.4, 0.5) is 9.18 Å². The van der Waals surface area contributed by atoms with E-state index in [9.17, 15) is 14.0 Å².